The van der Waals surface area contributed by atoms with Gasteiger partial charge in [-0.05, 0) is 13.0 Å². The number of aliphatic imine (C=N–C) groups is 1. The van der Waals surface area contributed by atoms with Crippen molar-refractivity contribution in [3.63, 3.8) is 0 Å². The third-order valence-corrected chi connectivity index (χ3v) is 5.02. The number of benzene rings is 1. The van der Waals surface area contributed by atoms with Crippen LogP contribution in [-0.2, 0) is 24.9 Å². The minimum atomic E-state index is -2.88. The molecule has 2 heterocycles. The molecule has 0 atom stereocenters. The average molecular weight is 437 g/mol. The highest BCUT2D eigenvalue weighted by molar-refractivity contribution is 5.79. The molecule has 1 fully saturated rings. The standard InChI is InChI=1S/C20H29F2N7O2/c1-15-26-27-18(28(15)2)14-25-20(23-7-8-29-9-11-30-12-10-29)24-13-16-5-3-4-6-17(16)31-19(21)22/h3-6,19H,7-14H2,1-2H3,(H2,23,24,25). The summed E-state index contributed by atoms with van der Waals surface area (Å²) in [7, 11) is 1.90. The molecule has 0 spiro atoms. The van der Waals surface area contributed by atoms with Gasteiger partial charge in [0.25, 0.3) is 0 Å². The van der Waals surface area contributed by atoms with E-state index in [2.05, 4.69) is 35.5 Å². The molecule has 1 aliphatic heterocycles. The van der Waals surface area contributed by atoms with E-state index in [0.717, 1.165) is 44.5 Å². The lowest BCUT2D eigenvalue weighted by molar-refractivity contribution is -0.0504. The van der Waals surface area contributed by atoms with Crippen molar-refractivity contribution in [3.05, 3.63) is 41.5 Å². The van der Waals surface area contributed by atoms with Crippen LogP contribution in [0, 0.1) is 6.92 Å². The highest BCUT2D eigenvalue weighted by atomic mass is 19.3. The number of rotatable bonds is 9. The number of morpholine rings is 1. The van der Waals surface area contributed by atoms with Crippen molar-refractivity contribution < 1.29 is 18.3 Å². The number of ether oxygens (including phenoxy) is 2. The zero-order valence-corrected chi connectivity index (χ0v) is 17.9. The van der Waals surface area contributed by atoms with Crippen LogP contribution in [0.1, 0.15) is 17.2 Å². The Hall–Kier alpha value is -2.79. The SMILES string of the molecule is Cc1nnc(CNC(=NCc2ccccc2OC(F)F)NCCN2CCOCC2)n1C. The van der Waals surface area contributed by atoms with Crippen LogP contribution >= 0.6 is 0 Å². The molecule has 0 bridgehead atoms. The van der Waals surface area contributed by atoms with Gasteiger partial charge in [-0.15, -0.1) is 10.2 Å². The summed E-state index contributed by atoms with van der Waals surface area (Å²) in [6.07, 6.45) is 0. The van der Waals surface area contributed by atoms with E-state index in [1.54, 1.807) is 18.2 Å². The highest BCUT2D eigenvalue weighted by Crippen LogP contribution is 2.20. The Balaban J connectivity index is 1.64. The molecule has 0 radical (unpaired) electrons. The zero-order valence-electron chi connectivity index (χ0n) is 17.9. The maximum Gasteiger partial charge on any atom is 0.387 e. The minimum absolute atomic E-state index is 0.123. The Morgan fingerprint density at radius 1 is 1.23 bits per heavy atom. The number of aryl methyl sites for hydroxylation is 1. The fraction of sp³-hybridized carbons (Fsp3) is 0.550. The molecule has 2 N–H and O–H groups in total. The van der Waals surface area contributed by atoms with E-state index in [-0.39, 0.29) is 12.3 Å². The molecule has 0 aliphatic carbocycles. The summed E-state index contributed by atoms with van der Waals surface area (Å²) in [6.45, 7) is 4.42. The molecular formula is C20H29F2N7O2. The Labute approximate surface area is 180 Å². The van der Waals surface area contributed by atoms with Gasteiger partial charge >= 0.3 is 6.61 Å². The molecule has 0 unspecified atom stereocenters. The van der Waals surface area contributed by atoms with E-state index in [4.69, 9.17) is 4.74 Å². The molecule has 9 nitrogen and oxygen atoms in total. The summed E-state index contributed by atoms with van der Waals surface area (Å²) in [5, 5.41) is 14.8. The summed E-state index contributed by atoms with van der Waals surface area (Å²) < 4.78 is 37.2. The molecule has 3 rings (SSSR count). The van der Waals surface area contributed by atoms with Gasteiger partial charge in [0.2, 0.25) is 0 Å². The fourth-order valence-corrected chi connectivity index (χ4v) is 3.11. The molecule has 170 valence electrons. The van der Waals surface area contributed by atoms with Crippen LogP contribution in [0.4, 0.5) is 8.78 Å². The topological polar surface area (TPSA) is 88.8 Å². The zero-order chi connectivity index (χ0) is 22.1. The van der Waals surface area contributed by atoms with Crippen LogP contribution in [0.2, 0.25) is 0 Å². The first kappa shape index (κ1) is 22.9. The van der Waals surface area contributed by atoms with Crippen molar-refractivity contribution in [2.24, 2.45) is 12.0 Å². The van der Waals surface area contributed by atoms with E-state index in [1.165, 1.54) is 6.07 Å². The van der Waals surface area contributed by atoms with Gasteiger partial charge in [-0.3, -0.25) is 4.90 Å². The fourth-order valence-electron chi connectivity index (χ4n) is 3.11. The number of nitrogens with one attached hydrogen (secondary N) is 2. The van der Waals surface area contributed by atoms with Gasteiger partial charge in [-0.2, -0.15) is 8.78 Å². The summed E-state index contributed by atoms with van der Waals surface area (Å²) in [5.74, 6) is 2.26. The van der Waals surface area contributed by atoms with Crippen LogP contribution in [-0.4, -0.2) is 71.6 Å². The second-order valence-corrected chi connectivity index (χ2v) is 7.11. The Bertz CT molecular complexity index is 854. The summed E-state index contributed by atoms with van der Waals surface area (Å²) in [5.41, 5.74) is 0.576. The van der Waals surface area contributed by atoms with Crippen molar-refractivity contribution in [1.29, 1.82) is 0 Å². The first-order valence-corrected chi connectivity index (χ1v) is 10.2. The second kappa shape index (κ2) is 11.6. The van der Waals surface area contributed by atoms with Gasteiger partial charge in [0.05, 0.1) is 26.3 Å². The minimum Gasteiger partial charge on any atom is -0.434 e. The predicted molar refractivity (Wildman–Crippen MR) is 112 cm³/mol. The number of guanidine groups is 1. The third kappa shape index (κ3) is 7.14. The highest BCUT2D eigenvalue weighted by Gasteiger charge is 2.12. The average Bonchev–Trinajstić information content (AvgIpc) is 3.08. The molecule has 0 saturated carbocycles. The summed E-state index contributed by atoms with van der Waals surface area (Å²) >= 11 is 0. The predicted octanol–water partition coefficient (Wildman–Crippen LogP) is 1.29. The smallest absolute Gasteiger partial charge is 0.387 e. The maximum absolute atomic E-state index is 12.7. The van der Waals surface area contributed by atoms with Gasteiger partial charge in [0.1, 0.15) is 11.6 Å². The molecular weight excluding hydrogens is 408 g/mol. The van der Waals surface area contributed by atoms with E-state index in [1.807, 2.05) is 18.5 Å². The Kier molecular flexibility index (Phi) is 8.53. The molecule has 11 heteroatoms. The molecule has 1 aliphatic rings. The molecule has 2 aromatic rings. The first-order chi connectivity index (χ1) is 15.0. The van der Waals surface area contributed by atoms with Gasteiger partial charge in [0, 0.05) is 38.8 Å². The van der Waals surface area contributed by atoms with Gasteiger partial charge in [-0.1, -0.05) is 18.2 Å². The monoisotopic (exact) mass is 437 g/mol. The second-order valence-electron chi connectivity index (χ2n) is 7.11. The molecule has 31 heavy (non-hydrogen) atoms. The van der Waals surface area contributed by atoms with E-state index in [0.29, 0.717) is 24.6 Å². The van der Waals surface area contributed by atoms with Gasteiger partial charge < -0.3 is 24.7 Å². The third-order valence-electron chi connectivity index (χ3n) is 5.02. The van der Waals surface area contributed by atoms with Crippen molar-refractivity contribution in [2.75, 3.05) is 39.4 Å². The quantitative estimate of drug-likeness (QED) is 0.452. The number of alkyl halides is 2. The van der Waals surface area contributed by atoms with Crippen LogP contribution in [0.15, 0.2) is 29.3 Å². The van der Waals surface area contributed by atoms with Crippen molar-refractivity contribution in [1.82, 2.24) is 30.3 Å². The molecule has 0 amide bonds. The van der Waals surface area contributed by atoms with Gasteiger partial charge in [0.15, 0.2) is 11.8 Å². The number of nitrogens with zero attached hydrogens (tertiary/aromatic N) is 5. The van der Waals surface area contributed by atoms with E-state index >= 15 is 0 Å². The van der Waals surface area contributed by atoms with Crippen molar-refractivity contribution in [2.45, 2.75) is 26.6 Å². The van der Waals surface area contributed by atoms with Crippen LogP contribution in [0.25, 0.3) is 0 Å². The van der Waals surface area contributed by atoms with Crippen LogP contribution in [0.3, 0.4) is 0 Å². The maximum atomic E-state index is 12.7. The lowest BCUT2D eigenvalue weighted by Crippen LogP contribution is -2.44. The number of hydrogen-bond donors (Lipinski definition) is 2. The number of halogens is 2. The summed E-state index contributed by atoms with van der Waals surface area (Å²) in [4.78, 5) is 6.88. The van der Waals surface area contributed by atoms with Gasteiger partial charge in [-0.25, -0.2) is 4.99 Å². The van der Waals surface area contributed by atoms with Crippen LogP contribution < -0.4 is 15.4 Å². The lowest BCUT2D eigenvalue weighted by atomic mass is 10.2. The molecule has 1 saturated heterocycles. The van der Waals surface area contributed by atoms with Crippen LogP contribution in [0.5, 0.6) is 5.75 Å². The Morgan fingerprint density at radius 3 is 2.71 bits per heavy atom. The Morgan fingerprint density at radius 2 is 2.00 bits per heavy atom. The van der Waals surface area contributed by atoms with E-state index in [9.17, 15) is 8.78 Å². The number of hydrogen-bond acceptors (Lipinski definition) is 6. The molecule has 1 aromatic carbocycles. The first-order valence-electron chi connectivity index (χ1n) is 10.2. The summed E-state index contributed by atoms with van der Waals surface area (Å²) in [6, 6.07) is 6.66. The van der Waals surface area contributed by atoms with Crippen molar-refractivity contribution in [3.8, 4) is 5.75 Å². The van der Waals surface area contributed by atoms with Crippen molar-refractivity contribution >= 4 is 5.96 Å². The number of aromatic nitrogens is 3. The van der Waals surface area contributed by atoms with E-state index < -0.39 is 6.61 Å². The normalized spacial score (nSPS) is 15.3. The lowest BCUT2D eigenvalue weighted by Gasteiger charge is -2.26. The molecule has 1 aromatic heterocycles. The number of para-hydroxylation sites is 1. The largest absolute Gasteiger partial charge is 0.434 e.